The molecule has 0 saturated carbocycles. The van der Waals surface area contributed by atoms with Gasteiger partial charge in [-0.1, -0.05) is 218 Å². The summed E-state index contributed by atoms with van der Waals surface area (Å²) in [6.45, 7) is 4.20. The molecule has 0 radical (unpaired) electrons. The van der Waals surface area contributed by atoms with Crippen molar-refractivity contribution in [3.8, 4) is 44.9 Å². The number of anilines is 2. The summed E-state index contributed by atoms with van der Waals surface area (Å²) in [5.41, 5.74) is 16.5. The monoisotopic (exact) mass is 835 g/mol. The second-order valence-corrected chi connectivity index (χ2v) is 16.5. The summed E-state index contributed by atoms with van der Waals surface area (Å²) in [5, 5.41) is 0. The van der Waals surface area contributed by atoms with E-state index in [1.165, 1.54) is 27.8 Å². The van der Waals surface area contributed by atoms with Gasteiger partial charge in [-0.25, -0.2) is 0 Å². The summed E-state index contributed by atoms with van der Waals surface area (Å²) in [7, 11) is 0. The first-order valence-electron chi connectivity index (χ1n) is 22.4. The lowest BCUT2D eigenvalue weighted by atomic mass is 9.62. The van der Waals surface area contributed by atoms with E-state index in [0.29, 0.717) is 0 Å². The van der Waals surface area contributed by atoms with Crippen LogP contribution in [0.1, 0.15) is 40.3 Å². The number of fused-ring (bicyclic) bond motifs is 2. The highest BCUT2D eigenvalue weighted by Crippen LogP contribution is 2.57. The molecule has 0 unspecified atom stereocenters. The molecule has 2 nitrogen and oxygen atoms in total. The molecule has 0 aromatic heterocycles. The van der Waals surface area contributed by atoms with E-state index in [2.05, 4.69) is 280 Å². The molecular weight excluding hydrogens is 787 g/mol. The summed E-state index contributed by atoms with van der Waals surface area (Å²) in [6.07, 6.45) is 10.8. The third-order valence-electron chi connectivity index (χ3n) is 12.5. The van der Waals surface area contributed by atoms with E-state index < -0.39 is 5.41 Å². The Kier molecular flexibility index (Phi) is 11.5. The molecule has 0 N–H and O–H groups in total. The smallest absolute Gasteiger partial charge is 0.132 e. The molecule has 10 rings (SSSR count). The average molecular weight is 836 g/mol. The van der Waals surface area contributed by atoms with Gasteiger partial charge in [0.25, 0.3) is 0 Å². The van der Waals surface area contributed by atoms with Crippen molar-refractivity contribution in [3.63, 3.8) is 0 Å². The third kappa shape index (κ3) is 7.92. The summed E-state index contributed by atoms with van der Waals surface area (Å²) < 4.78 is 6.66. The van der Waals surface area contributed by atoms with Crippen LogP contribution in [-0.2, 0) is 5.41 Å². The van der Waals surface area contributed by atoms with Crippen LogP contribution in [-0.4, -0.2) is 0 Å². The second-order valence-electron chi connectivity index (χ2n) is 16.5. The molecule has 1 aliphatic rings. The van der Waals surface area contributed by atoms with E-state index in [9.17, 15) is 0 Å². The Morgan fingerprint density at radius 3 is 1.71 bits per heavy atom. The van der Waals surface area contributed by atoms with Crippen molar-refractivity contribution in [2.24, 2.45) is 0 Å². The Hall–Kier alpha value is -8.20. The van der Waals surface area contributed by atoms with Crippen LogP contribution in [0.5, 0.6) is 11.5 Å². The van der Waals surface area contributed by atoms with Crippen molar-refractivity contribution >= 4 is 16.9 Å². The highest BCUT2D eigenvalue weighted by Gasteiger charge is 2.46. The summed E-state index contributed by atoms with van der Waals surface area (Å²) >= 11 is 0. The minimum Gasteiger partial charge on any atom is -0.457 e. The van der Waals surface area contributed by atoms with E-state index in [1.54, 1.807) is 0 Å². The highest BCUT2D eigenvalue weighted by molar-refractivity contribution is 5.89. The number of ether oxygens (including phenoxy) is 1. The molecule has 1 heterocycles. The minimum absolute atomic E-state index is 0.646. The van der Waals surface area contributed by atoms with Crippen LogP contribution in [0.4, 0.5) is 11.4 Å². The van der Waals surface area contributed by atoms with Crippen molar-refractivity contribution in [2.45, 2.75) is 19.3 Å². The van der Waals surface area contributed by atoms with Gasteiger partial charge in [0.15, 0.2) is 0 Å². The third-order valence-corrected chi connectivity index (χ3v) is 12.5. The molecule has 9 aromatic rings. The SMILES string of the molecule is C\C=C/C=C(\C=C\N(c1ccc(-c2ccccc2C2(c3ccccc3)c3ccccc3Oc3ccccc32)cc1)c1ccc(-c2ccccc2)cc1-c1ccccc1)c1cccc(C)c1. The number of allylic oxidation sites excluding steroid dienone is 5. The molecule has 9 aromatic carbocycles. The predicted octanol–water partition coefficient (Wildman–Crippen LogP) is 16.8. The van der Waals surface area contributed by atoms with Crippen LogP contribution in [0.2, 0.25) is 0 Å². The molecule has 2 heteroatoms. The second kappa shape index (κ2) is 18.3. The summed E-state index contributed by atoms with van der Waals surface area (Å²) in [5.74, 6) is 1.73. The number of hydrogen-bond acceptors (Lipinski definition) is 2. The lowest BCUT2D eigenvalue weighted by molar-refractivity contribution is 0.434. The number of hydrogen-bond donors (Lipinski definition) is 0. The quantitative estimate of drug-likeness (QED) is 0.120. The van der Waals surface area contributed by atoms with Gasteiger partial charge >= 0.3 is 0 Å². The van der Waals surface area contributed by atoms with Gasteiger partial charge in [-0.15, -0.1) is 0 Å². The number of aryl methyl sites for hydroxylation is 1. The Labute approximate surface area is 383 Å². The van der Waals surface area contributed by atoms with E-state index in [4.69, 9.17) is 4.74 Å². The first-order valence-corrected chi connectivity index (χ1v) is 22.4. The molecule has 0 aliphatic carbocycles. The van der Waals surface area contributed by atoms with E-state index in [1.807, 2.05) is 0 Å². The van der Waals surface area contributed by atoms with Crippen molar-refractivity contribution < 1.29 is 4.74 Å². The van der Waals surface area contributed by atoms with Gasteiger partial charge in [-0.05, 0) is 106 Å². The molecule has 0 amide bonds. The Balaban J connectivity index is 1.15. The first-order chi connectivity index (χ1) is 32.1. The molecule has 0 bridgehead atoms. The van der Waals surface area contributed by atoms with Crippen LogP contribution < -0.4 is 9.64 Å². The van der Waals surface area contributed by atoms with Crippen LogP contribution >= 0.6 is 0 Å². The number of rotatable bonds is 11. The zero-order chi connectivity index (χ0) is 44.0. The van der Waals surface area contributed by atoms with Crippen molar-refractivity contribution in [2.75, 3.05) is 4.90 Å². The van der Waals surface area contributed by atoms with Gasteiger partial charge < -0.3 is 9.64 Å². The largest absolute Gasteiger partial charge is 0.457 e. The fraction of sp³-hybridized carbons (Fsp3) is 0.0476. The van der Waals surface area contributed by atoms with Crippen molar-refractivity contribution in [3.05, 3.63) is 294 Å². The molecule has 0 saturated heterocycles. The summed E-state index contributed by atoms with van der Waals surface area (Å²) in [6, 6.07) is 82.8. The number of para-hydroxylation sites is 2. The fourth-order valence-electron chi connectivity index (χ4n) is 9.44. The number of nitrogens with zero attached hydrogens (tertiary/aromatic N) is 1. The van der Waals surface area contributed by atoms with E-state index >= 15 is 0 Å². The highest BCUT2D eigenvalue weighted by atomic mass is 16.5. The molecule has 65 heavy (non-hydrogen) atoms. The van der Waals surface area contributed by atoms with Crippen LogP contribution in [0.25, 0.3) is 39.0 Å². The van der Waals surface area contributed by atoms with E-state index in [-0.39, 0.29) is 0 Å². The van der Waals surface area contributed by atoms with Crippen LogP contribution in [0.15, 0.2) is 261 Å². The number of benzene rings is 9. The Morgan fingerprint density at radius 2 is 1.05 bits per heavy atom. The Bertz CT molecular complexity index is 3130. The van der Waals surface area contributed by atoms with Gasteiger partial charge in [-0.3, -0.25) is 0 Å². The van der Waals surface area contributed by atoms with Crippen LogP contribution in [0, 0.1) is 6.92 Å². The molecule has 0 spiro atoms. The van der Waals surface area contributed by atoms with Crippen molar-refractivity contribution in [1.29, 1.82) is 0 Å². The fourth-order valence-corrected chi connectivity index (χ4v) is 9.44. The molecule has 1 aliphatic heterocycles. The van der Waals surface area contributed by atoms with Gasteiger partial charge in [0.2, 0.25) is 0 Å². The molecular formula is C63H49NO. The predicted molar refractivity (Wildman–Crippen MR) is 273 cm³/mol. The van der Waals surface area contributed by atoms with Crippen molar-refractivity contribution in [1.82, 2.24) is 0 Å². The normalized spacial score (nSPS) is 13.0. The van der Waals surface area contributed by atoms with Gasteiger partial charge in [0.05, 0.1) is 11.1 Å². The zero-order valence-electron chi connectivity index (χ0n) is 36.7. The van der Waals surface area contributed by atoms with Gasteiger partial charge in [0.1, 0.15) is 11.5 Å². The van der Waals surface area contributed by atoms with Gasteiger partial charge in [0, 0.05) is 28.6 Å². The standard InChI is InChI=1S/C63H49NO/c1-3-4-22-48(51-27-20-21-46(2)44-51)42-43-64(60-41-38-52(47-23-8-5-9-24-47)45-56(60)49-25-10-6-11-26-49)54-39-36-50(37-40-54)55-30-14-15-31-57(55)63(53-28-12-7-13-29-53)58-32-16-18-34-61(58)65-62-35-19-17-33-59(62)63/h3-45H,1-2H3/b4-3-,43-42+,48-22+. The Morgan fingerprint density at radius 1 is 0.477 bits per heavy atom. The molecule has 312 valence electrons. The lowest BCUT2D eigenvalue weighted by Crippen LogP contribution is -2.34. The maximum Gasteiger partial charge on any atom is 0.132 e. The lowest BCUT2D eigenvalue weighted by Gasteiger charge is -2.42. The maximum absolute atomic E-state index is 6.66. The average Bonchev–Trinajstić information content (AvgIpc) is 3.37. The first kappa shape index (κ1) is 40.8. The molecule has 0 atom stereocenters. The van der Waals surface area contributed by atoms with Crippen LogP contribution in [0.3, 0.4) is 0 Å². The maximum atomic E-state index is 6.66. The summed E-state index contributed by atoms with van der Waals surface area (Å²) in [4.78, 5) is 2.34. The minimum atomic E-state index is -0.646. The molecule has 0 fully saturated rings. The van der Waals surface area contributed by atoms with E-state index in [0.717, 1.165) is 67.4 Å². The zero-order valence-corrected chi connectivity index (χ0v) is 36.7. The van der Waals surface area contributed by atoms with Gasteiger partial charge in [-0.2, -0.15) is 0 Å². The topological polar surface area (TPSA) is 12.5 Å².